The summed E-state index contributed by atoms with van der Waals surface area (Å²) in [5.41, 5.74) is 6.30. The molecule has 0 bridgehead atoms. The van der Waals surface area contributed by atoms with Crippen LogP contribution in [0.15, 0.2) is 22.7 Å². The third-order valence-electron chi connectivity index (χ3n) is 2.30. The second kappa shape index (κ2) is 6.01. The molecule has 0 heterocycles. The van der Waals surface area contributed by atoms with E-state index in [-0.39, 0.29) is 11.8 Å². The second-order valence-corrected chi connectivity index (χ2v) is 4.64. The highest BCUT2D eigenvalue weighted by Crippen LogP contribution is 2.26. The zero-order valence-electron chi connectivity index (χ0n) is 9.50. The molecular formula is C12H16BrNO2. The monoisotopic (exact) mass is 285 g/mol. The average Bonchev–Trinajstić information content (AvgIpc) is 2.25. The predicted molar refractivity (Wildman–Crippen MR) is 67.9 cm³/mol. The van der Waals surface area contributed by atoms with Gasteiger partial charge in [-0.3, -0.25) is 4.79 Å². The Labute approximate surface area is 104 Å². The Morgan fingerprint density at radius 1 is 1.56 bits per heavy atom. The Bertz CT molecular complexity index is 377. The Kier molecular flexibility index (Phi) is 4.96. The van der Waals surface area contributed by atoms with Crippen LogP contribution in [0.1, 0.15) is 30.1 Å². The van der Waals surface area contributed by atoms with E-state index in [0.717, 1.165) is 10.2 Å². The molecule has 0 aliphatic rings. The highest BCUT2D eigenvalue weighted by molar-refractivity contribution is 9.10. The van der Waals surface area contributed by atoms with Crippen LogP contribution in [0.3, 0.4) is 0 Å². The van der Waals surface area contributed by atoms with E-state index >= 15 is 0 Å². The zero-order chi connectivity index (χ0) is 12.1. The number of ketones is 1. The highest BCUT2D eigenvalue weighted by Gasteiger charge is 2.09. The molecule has 1 rings (SSSR count). The molecule has 1 aromatic rings. The van der Waals surface area contributed by atoms with Gasteiger partial charge in [0.15, 0.2) is 5.78 Å². The molecule has 16 heavy (non-hydrogen) atoms. The molecule has 0 aliphatic carbocycles. The lowest BCUT2D eigenvalue weighted by Crippen LogP contribution is -2.16. The van der Waals surface area contributed by atoms with Gasteiger partial charge in [0, 0.05) is 18.0 Å². The van der Waals surface area contributed by atoms with Gasteiger partial charge >= 0.3 is 0 Å². The molecule has 0 amide bonds. The van der Waals surface area contributed by atoms with Crippen LogP contribution < -0.4 is 10.5 Å². The Hall–Kier alpha value is -0.870. The fourth-order valence-electron chi connectivity index (χ4n) is 1.34. The smallest absolute Gasteiger partial charge is 0.162 e. The number of hydrogen-bond donors (Lipinski definition) is 1. The Morgan fingerprint density at radius 2 is 2.25 bits per heavy atom. The summed E-state index contributed by atoms with van der Waals surface area (Å²) in [6.45, 7) is 1.90. The molecule has 0 saturated heterocycles. The summed E-state index contributed by atoms with van der Waals surface area (Å²) in [7, 11) is 1.59. The zero-order valence-corrected chi connectivity index (χ0v) is 11.1. The molecule has 88 valence electrons. The molecule has 0 spiro atoms. The topological polar surface area (TPSA) is 52.3 Å². The number of carbonyl (C=O) groups is 1. The normalized spacial score (nSPS) is 12.2. The molecule has 0 fully saturated rings. The quantitative estimate of drug-likeness (QED) is 0.847. The van der Waals surface area contributed by atoms with Gasteiger partial charge in [-0.2, -0.15) is 0 Å². The highest BCUT2D eigenvalue weighted by atomic mass is 79.9. The summed E-state index contributed by atoms with van der Waals surface area (Å²) < 4.78 is 5.89. The van der Waals surface area contributed by atoms with Gasteiger partial charge in [-0.25, -0.2) is 0 Å². The first-order valence-electron chi connectivity index (χ1n) is 5.17. The molecule has 0 radical (unpaired) electrons. The van der Waals surface area contributed by atoms with Crippen LogP contribution >= 0.6 is 15.9 Å². The van der Waals surface area contributed by atoms with E-state index in [1.54, 1.807) is 25.3 Å². The largest absolute Gasteiger partial charge is 0.496 e. The van der Waals surface area contributed by atoms with Gasteiger partial charge in [-0.05, 0) is 47.5 Å². The summed E-state index contributed by atoms with van der Waals surface area (Å²) in [5.74, 6) is 0.837. The minimum absolute atomic E-state index is 0.0608. The van der Waals surface area contributed by atoms with E-state index in [2.05, 4.69) is 15.9 Å². The molecule has 4 heteroatoms. The summed E-state index contributed by atoms with van der Waals surface area (Å²) in [5, 5.41) is 0. The Morgan fingerprint density at radius 3 is 2.75 bits per heavy atom. The van der Waals surface area contributed by atoms with Gasteiger partial charge in [0.2, 0.25) is 0 Å². The third kappa shape index (κ3) is 3.61. The maximum Gasteiger partial charge on any atom is 0.162 e. The van der Waals surface area contributed by atoms with E-state index in [1.165, 1.54) is 0 Å². The number of rotatable bonds is 5. The van der Waals surface area contributed by atoms with Crippen molar-refractivity contribution in [3.8, 4) is 5.75 Å². The van der Waals surface area contributed by atoms with Crippen LogP contribution in [0.2, 0.25) is 0 Å². The van der Waals surface area contributed by atoms with Crippen LogP contribution in [-0.4, -0.2) is 18.9 Å². The minimum Gasteiger partial charge on any atom is -0.496 e. The predicted octanol–water partition coefficient (Wildman–Crippen LogP) is 2.77. The van der Waals surface area contributed by atoms with Crippen molar-refractivity contribution in [2.24, 2.45) is 5.73 Å². The van der Waals surface area contributed by atoms with E-state index in [4.69, 9.17) is 10.5 Å². The minimum atomic E-state index is 0.0608. The lowest BCUT2D eigenvalue weighted by Gasteiger charge is -2.07. The van der Waals surface area contributed by atoms with Gasteiger partial charge in [0.25, 0.3) is 0 Å². The van der Waals surface area contributed by atoms with Crippen molar-refractivity contribution in [1.29, 1.82) is 0 Å². The molecule has 2 N–H and O–H groups in total. The summed E-state index contributed by atoms with van der Waals surface area (Å²) in [6, 6.07) is 5.39. The van der Waals surface area contributed by atoms with Crippen LogP contribution in [0, 0.1) is 0 Å². The van der Waals surface area contributed by atoms with E-state index in [9.17, 15) is 4.79 Å². The number of ether oxygens (including phenoxy) is 1. The van der Waals surface area contributed by atoms with Crippen molar-refractivity contribution in [2.45, 2.75) is 25.8 Å². The van der Waals surface area contributed by atoms with Crippen molar-refractivity contribution in [3.63, 3.8) is 0 Å². The number of nitrogens with two attached hydrogens (primary N) is 1. The number of methoxy groups -OCH3 is 1. The van der Waals surface area contributed by atoms with Crippen molar-refractivity contribution < 1.29 is 9.53 Å². The summed E-state index contributed by atoms with van der Waals surface area (Å²) >= 11 is 3.35. The molecule has 3 nitrogen and oxygen atoms in total. The number of halogens is 1. The molecule has 0 aliphatic heterocycles. The van der Waals surface area contributed by atoms with Gasteiger partial charge < -0.3 is 10.5 Å². The molecular weight excluding hydrogens is 270 g/mol. The molecule has 0 aromatic heterocycles. The number of hydrogen-bond acceptors (Lipinski definition) is 3. The lowest BCUT2D eigenvalue weighted by molar-refractivity contribution is 0.0978. The van der Waals surface area contributed by atoms with Crippen LogP contribution in [-0.2, 0) is 0 Å². The second-order valence-electron chi connectivity index (χ2n) is 3.79. The summed E-state index contributed by atoms with van der Waals surface area (Å²) in [6.07, 6.45) is 1.19. The van der Waals surface area contributed by atoms with Crippen LogP contribution in [0.4, 0.5) is 0 Å². The first-order valence-corrected chi connectivity index (χ1v) is 5.96. The Balaban J connectivity index is 2.73. The number of carbonyl (C=O) groups excluding carboxylic acids is 1. The fraction of sp³-hybridized carbons (Fsp3) is 0.417. The average molecular weight is 286 g/mol. The molecule has 1 unspecified atom stereocenters. The maximum absolute atomic E-state index is 11.8. The summed E-state index contributed by atoms with van der Waals surface area (Å²) in [4.78, 5) is 11.8. The third-order valence-corrected chi connectivity index (χ3v) is 2.92. The van der Waals surface area contributed by atoms with Crippen molar-refractivity contribution in [3.05, 3.63) is 28.2 Å². The van der Waals surface area contributed by atoms with E-state index in [1.807, 2.05) is 6.92 Å². The van der Waals surface area contributed by atoms with Crippen LogP contribution in [0.5, 0.6) is 5.75 Å². The first-order chi connectivity index (χ1) is 7.54. The fourth-order valence-corrected chi connectivity index (χ4v) is 1.88. The van der Waals surface area contributed by atoms with Gasteiger partial charge in [0.1, 0.15) is 5.75 Å². The molecule has 0 saturated carbocycles. The van der Waals surface area contributed by atoms with Gasteiger partial charge in [-0.1, -0.05) is 0 Å². The standard InChI is InChI=1S/C12H16BrNO2/c1-8(14)3-5-11(15)9-4-6-12(16-2)10(13)7-9/h4,6-8H,3,5,14H2,1-2H3. The maximum atomic E-state index is 11.8. The van der Waals surface area contributed by atoms with Gasteiger partial charge in [-0.15, -0.1) is 0 Å². The molecule has 1 aromatic carbocycles. The number of Topliss-reactive ketones (excluding diaryl/α,β-unsaturated/α-hetero) is 1. The molecule has 1 atom stereocenters. The van der Waals surface area contributed by atoms with Crippen LogP contribution in [0.25, 0.3) is 0 Å². The SMILES string of the molecule is COc1ccc(C(=O)CCC(C)N)cc1Br. The van der Waals surface area contributed by atoms with E-state index < -0.39 is 0 Å². The van der Waals surface area contributed by atoms with E-state index in [0.29, 0.717) is 18.4 Å². The first kappa shape index (κ1) is 13.2. The number of benzene rings is 1. The lowest BCUT2D eigenvalue weighted by atomic mass is 10.0. The van der Waals surface area contributed by atoms with Gasteiger partial charge in [0.05, 0.1) is 11.6 Å². The van der Waals surface area contributed by atoms with Crippen molar-refractivity contribution in [1.82, 2.24) is 0 Å². The van der Waals surface area contributed by atoms with Crippen molar-refractivity contribution >= 4 is 21.7 Å². The van der Waals surface area contributed by atoms with Crippen molar-refractivity contribution in [2.75, 3.05) is 7.11 Å².